The molecule has 0 unspecified atom stereocenters. The van der Waals surface area contributed by atoms with Gasteiger partial charge in [0.15, 0.2) is 0 Å². The number of hydrazine groups is 1. The third-order valence-corrected chi connectivity index (χ3v) is 7.88. The molecule has 2 amide bonds. The van der Waals surface area contributed by atoms with E-state index in [2.05, 4.69) is 35.1 Å². The molecule has 2 aromatic rings. The van der Waals surface area contributed by atoms with E-state index in [4.69, 9.17) is 4.74 Å². The number of hydrogen-bond acceptors (Lipinski definition) is 6. The monoisotopic (exact) mass is 502 g/mol. The first-order chi connectivity index (χ1) is 18.0. The highest BCUT2D eigenvalue weighted by atomic mass is 16.5. The Morgan fingerprint density at radius 1 is 0.946 bits per heavy atom. The van der Waals surface area contributed by atoms with Crippen molar-refractivity contribution in [3.8, 4) is 11.1 Å². The molecule has 3 N–H and O–H groups in total. The van der Waals surface area contributed by atoms with Crippen molar-refractivity contribution < 1.29 is 19.4 Å². The lowest BCUT2D eigenvalue weighted by molar-refractivity contribution is -0.143. The number of carbonyl (C=O) groups is 2. The molecule has 8 nitrogen and oxygen atoms in total. The fraction of sp³-hybridized carbons (Fsp3) is 0.448. The minimum atomic E-state index is -1.14. The number of aliphatic hydroxyl groups is 1. The summed E-state index contributed by atoms with van der Waals surface area (Å²) in [6, 6.07) is 14.7. The maximum Gasteiger partial charge on any atom is 0.254 e. The van der Waals surface area contributed by atoms with Crippen LogP contribution in [0.5, 0.6) is 0 Å². The molecule has 0 radical (unpaired) electrons. The van der Waals surface area contributed by atoms with Crippen LogP contribution in [-0.2, 0) is 9.53 Å². The second-order valence-electron chi connectivity index (χ2n) is 10.6. The van der Waals surface area contributed by atoms with Gasteiger partial charge in [-0.25, -0.2) is 5.43 Å². The number of hydrogen-bond donors (Lipinski definition) is 3. The van der Waals surface area contributed by atoms with Crippen LogP contribution in [0.1, 0.15) is 42.5 Å². The van der Waals surface area contributed by atoms with Crippen molar-refractivity contribution in [3.63, 3.8) is 0 Å². The second kappa shape index (κ2) is 9.93. The number of fused-ring (bicyclic) bond motifs is 1. The van der Waals surface area contributed by atoms with E-state index in [1.807, 2.05) is 24.3 Å². The third-order valence-electron chi connectivity index (χ3n) is 7.88. The van der Waals surface area contributed by atoms with E-state index in [0.29, 0.717) is 50.6 Å². The van der Waals surface area contributed by atoms with Crippen molar-refractivity contribution in [1.82, 2.24) is 20.7 Å². The first kappa shape index (κ1) is 24.2. The largest absolute Gasteiger partial charge is 0.380 e. The molecule has 2 heterocycles. The predicted octanol–water partition coefficient (Wildman–Crippen LogP) is 0.729. The number of amides is 2. The molecule has 37 heavy (non-hydrogen) atoms. The van der Waals surface area contributed by atoms with Crippen LogP contribution in [-0.4, -0.2) is 77.8 Å². The first-order valence-electron chi connectivity index (χ1n) is 13.3. The molecule has 4 aliphatic rings. The fourth-order valence-corrected chi connectivity index (χ4v) is 5.22. The Morgan fingerprint density at radius 3 is 2.32 bits per heavy atom. The summed E-state index contributed by atoms with van der Waals surface area (Å²) >= 11 is 0. The van der Waals surface area contributed by atoms with E-state index >= 15 is 0 Å². The van der Waals surface area contributed by atoms with Crippen LogP contribution in [0, 0.1) is 0 Å². The first-order valence-corrected chi connectivity index (χ1v) is 13.3. The van der Waals surface area contributed by atoms with Crippen LogP contribution in [0.3, 0.4) is 0 Å². The van der Waals surface area contributed by atoms with Crippen molar-refractivity contribution in [2.45, 2.75) is 43.7 Å². The molecule has 194 valence electrons. The van der Waals surface area contributed by atoms with Gasteiger partial charge in [0, 0.05) is 42.7 Å². The predicted molar refractivity (Wildman–Crippen MR) is 140 cm³/mol. The molecule has 0 atom stereocenters. The van der Waals surface area contributed by atoms with Crippen molar-refractivity contribution in [3.05, 3.63) is 58.5 Å². The van der Waals surface area contributed by atoms with Gasteiger partial charge in [0.25, 0.3) is 11.8 Å². The van der Waals surface area contributed by atoms with Crippen LogP contribution >= 0.6 is 0 Å². The van der Waals surface area contributed by atoms with Gasteiger partial charge in [-0.1, -0.05) is 30.3 Å². The van der Waals surface area contributed by atoms with Crippen molar-refractivity contribution in [2.75, 3.05) is 39.4 Å². The van der Waals surface area contributed by atoms with E-state index in [9.17, 15) is 14.7 Å². The zero-order chi connectivity index (χ0) is 25.4. The maximum atomic E-state index is 13.1. The van der Waals surface area contributed by atoms with E-state index in [-0.39, 0.29) is 11.8 Å². The zero-order valence-corrected chi connectivity index (χ0v) is 21.0. The number of ether oxygens (including phenoxy) is 1. The van der Waals surface area contributed by atoms with Crippen LogP contribution < -0.4 is 21.3 Å². The number of benzene rings is 2. The fourth-order valence-electron chi connectivity index (χ4n) is 5.22. The Hall–Kier alpha value is -3.20. The van der Waals surface area contributed by atoms with Crippen molar-refractivity contribution in [1.29, 1.82) is 0 Å². The molecule has 2 aromatic carbocycles. The van der Waals surface area contributed by atoms with Gasteiger partial charge in [-0.15, -0.1) is 0 Å². The van der Waals surface area contributed by atoms with Gasteiger partial charge in [-0.2, -0.15) is 0 Å². The third kappa shape index (κ3) is 5.01. The standard InChI is InChI=1S/C29H34N4O4/c34-27(32-13-15-33(16-14-32)28(35)29(36)11-12-29)21-7-5-20(6-8-21)22-9-10-25-23(17-22)3-1-2-4-26(25)31-30-24-18-37-19-24/h3,5-10,17,24,30-31,36H,1-2,4,11-16,18-19H2. The smallest absolute Gasteiger partial charge is 0.254 e. The van der Waals surface area contributed by atoms with Gasteiger partial charge >= 0.3 is 0 Å². The summed E-state index contributed by atoms with van der Waals surface area (Å²) in [5, 5.41) is 12.5. The van der Waals surface area contributed by atoms with Gasteiger partial charge in [-0.3, -0.25) is 9.59 Å². The maximum absolute atomic E-state index is 13.1. The zero-order valence-electron chi connectivity index (χ0n) is 21.0. The Kier molecular flexibility index (Phi) is 6.48. The molecule has 3 fully saturated rings. The number of carbonyl (C=O) groups excluding carboxylic acids is 2. The number of nitrogens with one attached hydrogen (secondary N) is 2. The summed E-state index contributed by atoms with van der Waals surface area (Å²) in [6.07, 6.45) is 6.55. The van der Waals surface area contributed by atoms with Crippen LogP contribution in [0.2, 0.25) is 0 Å². The molecule has 2 saturated heterocycles. The van der Waals surface area contributed by atoms with E-state index in [0.717, 1.165) is 43.6 Å². The summed E-state index contributed by atoms with van der Waals surface area (Å²) < 4.78 is 5.25. The summed E-state index contributed by atoms with van der Waals surface area (Å²) in [4.78, 5) is 28.9. The molecule has 0 aromatic heterocycles. The minimum Gasteiger partial charge on any atom is -0.380 e. The highest BCUT2D eigenvalue weighted by Gasteiger charge is 2.50. The summed E-state index contributed by atoms with van der Waals surface area (Å²) in [7, 11) is 0. The molecular weight excluding hydrogens is 468 g/mol. The van der Waals surface area contributed by atoms with Gasteiger partial charge in [0.05, 0.1) is 19.3 Å². The number of nitrogens with zero attached hydrogens (tertiary/aromatic N) is 2. The van der Waals surface area contributed by atoms with Crippen molar-refractivity contribution in [2.24, 2.45) is 0 Å². The molecule has 2 aliphatic carbocycles. The van der Waals surface area contributed by atoms with Crippen LogP contribution in [0.25, 0.3) is 22.9 Å². The molecule has 8 heteroatoms. The molecule has 6 rings (SSSR count). The Balaban J connectivity index is 1.13. The highest BCUT2D eigenvalue weighted by Crippen LogP contribution is 2.37. The van der Waals surface area contributed by atoms with Gasteiger partial charge < -0.3 is 25.1 Å². The normalized spacial score (nSPS) is 20.8. The lowest BCUT2D eigenvalue weighted by Crippen LogP contribution is -2.53. The summed E-state index contributed by atoms with van der Waals surface area (Å²) in [5.41, 5.74) is 9.73. The van der Waals surface area contributed by atoms with E-state index < -0.39 is 5.60 Å². The van der Waals surface area contributed by atoms with Crippen LogP contribution in [0.15, 0.2) is 42.5 Å². The molecule has 1 saturated carbocycles. The topological polar surface area (TPSA) is 94.1 Å². The SMILES string of the molecule is O=C(c1ccc(-c2ccc3c(c2)=CCCCC=3NNC2COC2)cc1)N1CCN(C(=O)C2(O)CC2)CC1. The highest BCUT2D eigenvalue weighted by molar-refractivity contribution is 5.95. The Labute approximate surface area is 216 Å². The quantitative estimate of drug-likeness (QED) is 0.505. The number of piperazine rings is 1. The van der Waals surface area contributed by atoms with E-state index in [1.54, 1.807) is 9.80 Å². The Bertz CT molecular complexity index is 1310. The second-order valence-corrected chi connectivity index (χ2v) is 10.6. The summed E-state index contributed by atoms with van der Waals surface area (Å²) in [6.45, 7) is 3.40. The molecule has 0 bridgehead atoms. The average molecular weight is 503 g/mol. The molecular formula is C29H34N4O4. The average Bonchev–Trinajstić information content (AvgIpc) is 3.69. The lowest BCUT2D eigenvalue weighted by Gasteiger charge is -2.35. The molecule has 2 aliphatic heterocycles. The lowest BCUT2D eigenvalue weighted by atomic mass is 10.0. The summed E-state index contributed by atoms with van der Waals surface area (Å²) in [5.74, 6) is -0.208. The molecule has 0 spiro atoms. The van der Waals surface area contributed by atoms with Gasteiger partial charge in [0.2, 0.25) is 0 Å². The number of rotatable bonds is 6. The van der Waals surface area contributed by atoms with Crippen molar-refractivity contribution >= 4 is 23.6 Å². The minimum absolute atomic E-state index is 0.0197. The van der Waals surface area contributed by atoms with E-state index in [1.165, 1.54) is 16.1 Å². The van der Waals surface area contributed by atoms with Crippen LogP contribution in [0.4, 0.5) is 0 Å². The Morgan fingerprint density at radius 2 is 1.65 bits per heavy atom. The van der Waals surface area contributed by atoms with Gasteiger partial charge in [-0.05, 0) is 66.6 Å². The van der Waals surface area contributed by atoms with Gasteiger partial charge in [0.1, 0.15) is 5.60 Å².